The molecule has 0 saturated carbocycles. The van der Waals surface area contributed by atoms with E-state index in [4.69, 9.17) is 0 Å². The van der Waals surface area contributed by atoms with E-state index in [1.165, 1.54) is 20.9 Å². The number of imide groups is 1. The maximum Gasteiger partial charge on any atom is 0.326 e. The molecule has 2 aliphatic rings. The van der Waals surface area contributed by atoms with E-state index >= 15 is 0 Å². The van der Waals surface area contributed by atoms with Crippen LogP contribution in [0.3, 0.4) is 0 Å². The highest BCUT2D eigenvalue weighted by Crippen LogP contribution is 2.22. The Labute approximate surface area is 147 Å². The number of likely N-dealkylation sites (N-methyl/N-ethyl adjacent to an activating group) is 1. The highest BCUT2D eigenvalue weighted by Gasteiger charge is 2.33. The average Bonchev–Trinajstić information content (AvgIpc) is 2.88. The van der Waals surface area contributed by atoms with E-state index in [0.717, 1.165) is 6.42 Å². The molecule has 4 amide bonds. The number of rotatable bonds is 5. The van der Waals surface area contributed by atoms with Crippen molar-refractivity contribution < 1.29 is 14.4 Å². The van der Waals surface area contributed by atoms with Crippen molar-refractivity contribution >= 4 is 23.4 Å². The number of benzene rings is 1. The fourth-order valence-electron chi connectivity index (χ4n) is 3.25. The third-order valence-corrected chi connectivity index (χ3v) is 4.71. The van der Waals surface area contributed by atoms with Crippen molar-refractivity contribution in [1.29, 1.82) is 0 Å². The Hall–Kier alpha value is -2.63. The van der Waals surface area contributed by atoms with Crippen molar-refractivity contribution in [2.24, 2.45) is 0 Å². The zero-order valence-electron chi connectivity index (χ0n) is 14.5. The van der Waals surface area contributed by atoms with Crippen LogP contribution in [-0.4, -0.2) is 65.8 Å². The quantitative estimate of drug-likeness (QED) is 0.770. The van der Waals surface area contributed by atoms with Crippen LogP contribution in [0.1, 0.15) is 24.8 Å². The van der Waals surface area contributed by atoms with Gasteiger partial charge >= 0.3 is 6.03 Å². The molecule has 2 aliphatic heterocycles. The summed E-state index contributed by atoms with van der Waals surface area (Å²) in [6.07, 6.45) is 3.83. The molecule has 132 valence electrons. The van der Waals surface area contributed by atoms with Gasteiger partial charge in [-0.2, -0.15) is 0 Å². The first kappa shape index (κ1) is 17.2. The summed E-state index contributed by atoms with van der Waals surface area (Å²) in [5.41, 5.74) is 2.49. The first-order valence-corrected chi connectivity index (χ1v) is 8.64. The van der Waals surface area contributed by atoms with Crippen LogP contribution in [0.4, 0.5) is 4.79 Å². The molecule has 0 unspecified atom stereocenters. The lowest BCUT2D eigenvalue weighted by Gasteiger charge is -2.27. The molecule has 0 bridgehead atoms. The lowest BCUT2D eigenvalue weighted by Crippen LogP contribution is -2.36. The number of carbonyl (C=O) groups excluding carboxylic acids is 3. The van der Waals surface area contributed by atoms with E-state index < -0.39 is 0 Å². The van der Waals surface area contributed by atoms with Crippen LogP contribution in [0.5, 0.6) is 0 Å². The number of hydrogen-bond acceptors (Lipinski definition) is 3. The standard InChI is InChI=1S/C19H23N3O3/c1-20-14-18(24)22(19(20)25)11-5-8-17(23)21-12-9-16(10-13-21)15-6-3-2-4-7-15/h2-4,6-7,9H,5,8,10-14H2,1H3. The summed E-state index contributed by atoms with van der Waals surface area (Å²) in [6.45, 7) is 1.77. The van der Waals surface area contributed by atoms with Gasteiger partial charge in [-0.25, -0.2) is 4.79 Å². The van der Waals surface area contributed by atoms with Crippen molar-refractivity contribution in [2.45, 2.75) is 19.3 Å². The van der Waals surface area contributed by atoms with Gasteiger partial charge in [0.2, 0.25) is 11.8 Å². The molecule has 1 saturated heterocycles. The van der Waals surface area contributed by atoms with E-state index in [1.807, 2.05) is 23.1 Å². The minimum Gasteiger partial charge on any atom is -0.339 e. The molecule has 6 heteroatoms. The van der Waals surface area contributed by atoms with Gasteiger partial charge in [-0.05, 0) is 24.0 Å². The Morgan fingerprint density at radius 1 is 1.16 bits per heavy atom. The van der Waals surface area contributed by atoms with E-state index in [9.17, 15) is 14.4 Å². The predicted molar refractivity (Wildman–Crippen MR) is 94.6 cm³/mol. The van der Waals surface area contributed by atoms with Crippen LogP contribution in [0.15, 0.2) is 36.4 Å². The Morgan fingerprint density at radius 3 is 2.52 bits per heavy atom. The molecule has 25 heavy (non-hydrogen) atoms. The minimum absolute atomic E-state index is 0.0795. The molecular formula is C19H23N3O3. The Bertz CT molecular complexity index is 699. The fourth-order valence-corrected chi connectivity index (χ4v) is 3.25. The molecular weight excluding hydrogens is 318 g/mol. The molecule has 2 heterocycles. The molecule has 1 aromatic carbocycles. The number of carbonyl (C=O) groups is 3. The van der Waals surface area contributed by atoms with Crippen LogP contribution >= 0.6 is 0 Å². The van der Waals surface area contributed by atoms with Crippen LogP contribution < -0.4 is 0 Å². The monoisotopic (exact) mass is 341 g/mol. The summed E-state index contributed by atoms with van der Waals surface area (Å²) in [5.74, 6) is -0.107. The van der Waals surface area contributed by atoms with Crippen molar-refractivity contribution in [3.05, 3.63) is 42.0 Å². The van der Waals surface area contributed by atoms with Gasteiger partial charge < -0.3 is 9.80 Å². The molecule has 3 rings (SSSR count). The second-order valence-electron chi connectivity index (χ2n) is 6.47. The molecule has 0 N–H and O–H groups in total. The van der Waals surface area contributed by atoms with Crippen molar-refractivity contribution in [3.8, 4) is 0 Å². The van der Waals surface area contributed by atoms with Gasteiger partial charge in [0.05, 0.1) is 0 Å². The van der Waals surface area contributed by atoms with E-state index in [-0.39, 0.29) is 24.4 Å². The fraction of sp³-hybridized carbons (Fsp3) is 0.421. The smallest absolute Gasteiger partial charge is 0.326 e. The average molecular weight is 341 g/mol. The largest absolute Gasteiger partial charge is 0.339 e. The Morgan fingerprint density at radius 2 is 1.92 bits per heavy atom. The van der Waals surface area contributed by atoms with E-state index in [1.54, 1.807) is 7.05 Å². The summed E-state index contributed by atoms with van der Waals surface area (Å²) in [4.78, 5) is 40.3. The lowest BCUT2D eigenvalue weighted by atomic mass is 9.99. The van der Waals surface area contributed by atoms with Gasteiger partial charge in [0, 0.05) is 33.1 Å². The number of hydrogen-bond donors (Lipinski definition) is 0. The second-order valence-corrected chi connectivity index (χ2v) is 6.47. The van der Waals surface area contributed by atoms with Crippen molar-refractivity contribution in [1.82, 2.24) is 14.7 Å². The zero-order chi connectivity index (χ0) is 17.8. The van der Waals surface area contributed by atoms with E-state index in [0.29, 0.717) is 32.5 Å². The summed E-state index contributed by atoms with van der Waals surface area (Å²) in [6, 6.07) is 9.94. The Kier molecular flexibility index (Phi) is 5.16. The van der Waals surface area contributed by atoms with E-state index in [2.05, 4.69) is 18.2 Å². The summed E-state index contributed by atoms with van der Waals surface area (Å²) in [5, 5.41) is 0. The van der Waals surface area contributed by atoms with Gasteiger partial charge in [0.25, 0.3) is 0 Å². The molecule has 0 spiro atoms. The number of urea groups is 1. The molecule has 6 nitrogen and oxygen atoms in total. The first-order valence-electron chi connectivity index (χ1n) is 8.64. The zero-order valence-corrected chi connectivity index (χ0v) is 14.5. The Balaban J connectivity index is 1.46. The third kappa shape index (κ3) is 3.90. The highest BCUT2D eigenvalue weighted by atomic mass is 16.2. The molecule has 0 aromatic heterocycles. The van der Waals surface area contributed by atoms with Gasteiger partial charge in [-0.1, -0.05) is 36.4 Å². The van der Waals surface area contributed by atoms with Crippen molar-refractivity contribution in [2.75, 3.05) is 33.2 Å². The minimum atomic E-state index is -0.272. The lowest BCUT2D eigenvalue weighted by molar-refractivity contribution is -0.131. The molecule has 0 atom stereocenters. The molecule has 1 aromatic rings. The van der Waals surface area contributed by atoms with Gasteiger partial charge in [-0.15, -0.1) is 0 Å². The van der Waals surface area contributed by atoms with Gasteiger partial charge in [-0.3, -0.25) is 14.5 Å². The van der Waals surface area contributed by atoms with Gasteiger partial charge in [0.15, 0.2) is 0 Å². The topological polar surface area (TPSA) is 60.9 Å². The molecule has 1 fully saturated rings. The summed E-state index contributed by atoms with van der Waals surface area (Å²) < 4.78 is 0. The first-order chi connectivity index (χ1) is 12.1. The SMILES string of the molecule is CN1CC(=O)N(CCCC(=O)N2CC=C(c3ccccc3)CC2)C1=O. The molecule has 0 radical (unpaired) electrons. The van der Waals surface area contributed by atoms with Gasteiger partial charge in [0.1, 0.15) is 6.54 Å². The second kappa shape index (κ2) is 7.51. The third-order valence-electron chi connectivity index (χ3n) is 4.71. The van der Waals surface area contributed by atoms with Crippen LogP contribution in [0, 0.1) is 0 Å². The molecule has 0 aliphatic carbocycles. The number of nitrogens with zero attached hydrogens (tertiary/aromatic N) is 3. The maximum atomic E-state index is 12.3. The maximum absolute atomic E-state index is 12.3. The summed E-state index contributed by atoms with van der Waals surface area (Å²) >= 11 is 0. The predicted octanol–water partition coefficient (Wildman–Crippen LogP) is 1.98. The summed E-state index contributed by atoms with van der Waals surface area (Å²) in [7, 11) is 1.61. The van der Waals surface area contributed by atoms with Crippen molar-refractivity contribution in [3.63, 3.8) is 0 Å². The van der Waals surface area contributed by atoms with Crippen LogP contribution in [-0.2, 0) is 9.59 Å². The normalized spacial score (nSPS) is 18.0. The highest BCUT2D eigenvalue weighted by molar-refractivity contribution is 6.01. The number of amides is 4. The van der Waals surface area contributed by atoms with Crippen LogP contribution in [0.25, 0.3) is 5.57 Å². The van der Waals surface area contributed by atoms with Crippen LogP contribution in [0.2, 0.25) is 0 Å².